The van der Waals surface area contributed by atoms with Crippen molar-refractivity contribution in [2.24, 2.45) is 10.8 Å². The van der Waals surface area contributed by atoms with Gasteiger partial charge in [-0.25, -0.2) is 0 Å². The Labute approximate surface area is 193 Å². The molecule has 33 heavy (non-hydrogen) atoms. The van der Waals surface area contributed by atoms with Gasteiger partial charge < -0.3 is 29.5 Å². The molecule has 1 aliphatic carbocycles. The molecule has 0 radical (unpaired) electrons. The van der Waals surface area contributed by atoms with E-state index in [9.17, 15) is 29.7 Å². The summed E-state index contributed by atoms with van der Waals surface area (Å²) < 4.78 is 16.1. The average Bonchev–Trinajstić information content (AvgIpc) is 2.72. The van der Waals surface area contributed by atoms with Crippen LogP contribution in [-0.4, -0.2) is 64.1 Å². The summed E-state index contributed by atoms with van der Waals surface area (Å²) in [5.74, 6) is -0.475. The molecule has 0 bridgehead atoms. The fourth-order valence-corrected chi connectivity index (χ4v) is 3.35. The second kappa shape index (κ2) is 10.2. The number of Topliss-reactive ketones (excluding diaryl/α,β-unsaturated/α-hetero) is 1. The predicted octanol–water partition coefficient (Wildman–Crippen LogP) is 1.78. The first-order valence-electron chi connectivity index (χ1n) is 10.8. The number of esters is 1. The molecular formula is C24H34O9. The number of hydrogen-bond donors (Lipinski definition) is 3. The molecule has 0 aliphatic heterocycles. The Bertz CT molecular complexity index is 866. The summed E-state index contributed by atoms with van der Waals surface area (Å²) in [4.78, 5) is 36.0. The highest BCUT2D eigenvalue weighted by atomic mass is 16.6. The Hall–Kier alpha value is -2.49. The molecule has 0 aromatic heterocycles. The van der Waals surface area contributed by atoms with Crippen LogP contribution in [0.1, 0.15) is 63.9 Å². The number of aliphatic hydroxyl groups excluding tert-OH is 3. The van der Waals surface area contributed by atoms with Crippen LogP contribution >= 0.6 is 0 Å². The standard InChI is InChI=1S/C24H34O9/c1-23(2,3)21(29)14-9-13(11-31-22(30)24(4,5)6)7-8-15(14)33-17-10-16(32-12-25)18(26)20(28)19(17)27/h7-9,12,16-20,26-28H,10-11H2,1-6H3/t16-,17+,18+,19-,20-/m0/s1. The van der Waals surface area contributed by atoms with Gasteiger partial charge in [-0.1, -0.05) is 26.8 Å². The molecule has 0 amide bonds. The molecule has 0 saturated heterocycles. The fourth-order valence-electron chi connectivity index (χ4n) is 3.35. The lowest BCUT2D eigenvalue weighted by Gasteiger charge is -2.39. The van der Waals surface area contributed by atoms with Gasteiger partial charge in [0.1, 0.15) is 42.9 Å². The van der Waals surface area contributed by atoms with Gasteiger partial charge in [0.2, 0.25) is 0 Å². The van der Waals surface area contributed by atoms with Gasteiger partial charge in [-0.05, 0) is 38.5 Å². The van der Waals surface area contributed by atoms with E-state index in [2.05, 4.69) is 0 Å². The van der Waals surface area contributed by atoms with Crippen LogP contribution in [0, 0.1) is 10.8 Å². The summed E-state index contributed by atoms with van der Waals surface area (Å²) in [5, 5.41) is 30.6. The van der Waals surface area contributed by atoms with E-state index in [1.165, 1.54) is 6.07 Å². The highest BCUT2D eigenvalue weighted by Gasteiger charge is 2.45. The lowest BCUT2D eigenvalue weighted by molar-refractivity contribution is -0.184. The van der Waals surface area contributed by atoms with Crippen molar-refractivity contribution in [3.63, 3.8) is 0 Å². The smallest absolute Gasteiger partial charge is 0.311 e. The molecule has 1 aromatic carbocycles. The maximum atomic E-state index is 13.1. The third kappa shape index (κ3) is 6.52. The Morgan fingerprint density at radius 2 is 1.58 bits per heavy atom. The van der Waals surface area contributed by atoms with Crippen LogP contribution in [0.2, 0.25) is 0 Å². The van der Waals surface area contributed by atoms with Crippen molar-refractivity contribution in [2.45, 2.75) is 85.1 Å². The zero-order valence-corrected chi connectivity index (χ0v) is 19.9. The molecule has 0 spiro atoms. The SMILES string of the molecule is CC(C)(C)C(=O)OCc1ccc(O[C@@H]2C[C@H](OC=O)[C@@H](O)[C@H](O)[C@H]2O)c(C(=O)C(C)(C)C)c1. The number of aliphatic hydroxyl groups is 3. The van der Waals surface area contributed by atoms with Crippen LogP contribution in [0.5, 0.6) is 5.75 Å². The van der Waals surface area contributed by atoms with Crippen LogP contribution in [0.15, 0.2) is 18.2 Å². The van der Waals surface area contributed by atoms with Gasteiger partial charge in [0.25, 0.3) is 6.47 Å². The Balaban J connectivity index is 2.34. The van der Waals surface area contributed by atoms with Crippen LogP contribution < -0.4 is 4.74 Å². The average molecular weight is 467 g/mol. The van der Waals surface area contributed by atoms with Gasteiger partial charge in [0.15, 0.2) is 5.78 Å². The van der Waals surface area contributed by atoms with E-state index in [1.54, 1.807) is 53.7 Å². The molecular weight excluding hydrogens is 432 g/mol. The van der Waals surface area contributed by atoms with Crippen molar-refractivity contribution in [3.8, 4) is 5.75 Å². The van der Waals surface area contributed by atoms with Gasteiger partial charge in [0.05, 0.1) is 11.0 Å². The molecule has 3 N–H and O–H groups in total. The maximum absolute atomic E-state index is 13.1. The predicted molar refractivity (Wildman–Crippen MR) is 117 cm³/mol. The molecule has 2 rings (SSSR count). The Morgan fingerprint density at radius 1 is 0.970 bits per heavy atom. The molecule has 9 nitrogen and oxygen atoms in total. The van der Waals surface area contributed by atoms with Crippen LogP contribution in [0.3, 0.4) is 0 Å². The van der Waals surface area contributed by atoms with Gasteiger partial charge >= 0.3 is 5.97 Å². The molecule has 1 fully saturated rings. The van der Waals surface area contributed by atoms with E-state index >= 15 is 0 Å². The lowest BCUT2D eigenvalue weighted by Crippen LogP contribution is -2.58. The summed E-state index contributed by atoms with van der Waals surface area (Å²) in [6.45, 7) is 10.6. The quantitative estimate of drug-likeness (QED) is 0.312. The zero-order chi connectivity index (χ0) is 25.1. The molecule has 0 unspecified atom stereocenters. The number of ketones is 1. The molecule has 1 saturated carbocycles. The molecule has 1 aliphatic rings. The number of carbonyl (C=O) groups is 3. The molecule has 0 heterocycles. The largest absolute Gasteiger partial charge is 0.487 e. The number of carbonyl (C=O) groups excluding carboxylic acids is 3. The monoisotopic (exact) mass is 466 g/mol. The lowest BCUT2D eigenvalue weighted by atomic mass is 9.85. The molecule has 5 atom stereocenters. The van der Waals surface area contributed by atoms with Crippen molar-refractivity contribution in [3.05, 3.63) is 29.3 Å². The Morgan fingerprint density at radius 3 is 2.12 bits per heavy atom. The topological polar surface area (TPSA) is 140 Å². The van der Waals surface area contributed by atoms with Crippen molar-refractivity contribution in [2.75, 3.05) is 0 Å². The van der Waals surface area contributed by atoms with Gasteiger partial charge in [-0.2, -0.15) is 0 Å². The minimum absolute atomic E-state index is 0.0347. The highest BCUT2D eigenvalue weighted by Crippen LogP contribution is 2.33. The van der Waals surface area contributed by atoms with E-state index in [-0.39, 0.29) is 42.6 Å². The molecule has 9 heteroatoms. The summed E-state index contributed by atoms with van der Waals surface area (Å²) >= 11 is 0. The van der Waals surface area contributed by atoms with Gasteiger partial charge in [0, 0.05) is 11.8 Å². The third-order valence-electron chi connectivity index (χ3n) is 5.39. The van der Waals surface area contributed by atoms with E-state index in [4.69, 9.17) is 14.2 Å². The van der Waals surface area contributed by atoms with Crippen LogP contribution in [0.25, 0.3) is 0 Å². The Kier molecular flexibility index (Phi) is 8.27. The molecule has 184 valence electrons. The van der Waals surface area contributed by atoms with E-state index in [0.29, 0.717) is 5.56 Å². The number of hydrogen-bond acceptors (Lipinski definition) is 9. The third-order valence-corrected chi connectivity index (χ3v) is 5.39. The van der Waals surface area contributed by atoms with E-state index < -0.39 is 41.3 Å². The van der Waals surface area contributed by atoms with E-state index in [0.717, 1.165) is 0 Å². The highest BCUT2D eigenvalue weighted by molar-refractivity contribution is 6.02. The van der Waals surface area contributed by atoms with E-state index in [1.807, 2.05) is 0 Å². The summed E-state index contributed by atoms with van der Waals surface area (Å²) in [6, 6.07) is 4.72. The molecule has 1 aromatic rings. The summed E-state index contributed by atoms with van der Waals surface area (Å²) in [7, 11) is 0. The van der Waals surface area contributed by atoms with Crippen molar-refractivity contribution in [1.29, 1.82) is 0 Å². The van der Waals surface area contributed by atoms with Crippen molar-refractivity contribution >= 4 is 18.2 Å². The first-order chi connectivity index (χ1) is 15.2. The maximum Gasteiger partial charge on any atom is 0.311 e. The van der Waals surface area contributed by atoms with Gasteiger partial charge in [-0.3, -0.25) is 14.4 Å². The van der Waals surface area contributed by atoms with Crippen LogP contribution in [-0.2, 0) is 25.7 Å². The number of benzene rings is 1. The zero-order valence-electron chi connectivity index (χ0n) is 19.9. The minimum Gasteiger partial charge on any atom is -0.487 e. The number of rotatable bonds is 7. The second-order valence-corrected chi connectivity index (χ2v) is 10.4. The summed E-state index contributed by atoms with van der Waals surface area (Å²) in [6.07, 6.45) is -6.77. The number of ether oxygens (including phenoxy) is 3. The minimum atomic E-state index is -1.61. The van der Waals surface area contributed by atoms with Crippen molar-refractivity contribution in [1.82, 2.24) is 0 Å². The normalized spacial score (nSPS) is 25.8. The first-order valence-corrected chi connectivity index (χ1v) is 10.8. The van der Waals surface area contributed by atoms with Crippen LogP contribution in [0.4, 0.5) is 0 Å². The summed E-state index contributed by atoms with van der Waals surface area (Å²) in [5.41, 5.74) is -0.639. The fraction of sp³-hybridized carbons (Fsp3) is 0.625. The first kappa shape index (κ1) is 26.8. The second-order valence-electron chi connectivity index (χ2n) is 10.4. The van der Waals surface area contributed by atoms with Crippen molar-refractivity contribution < 1.29 is 43.9 Å². The van der Waals surface area contributed by atoms with Gasteiger partial charge in [-0.15, -0.1) is 0 Å².